The highest BCUT2D eigenvalue weighted by atomic mass is 15.0. The fourth-order valence-electron chi connectivity index (χ4n) is 2.51. The minimum absolute atomic E-state index is 0.729. The van der Waals surface area contributed by atoms with Crippen molar-refractivity contribution in [2.75, 3.05) is 25.0 Å². The van der Waals surface area contributed by atoms with Crippen LogP contribution in [0.3, 0.4) is 0 Å². The second kappa shape index (κ2) is 5.36. The molecule has 0 bridgehead atoms. The predicted octanol–water partition coefficient (Wildman–Crippen LogP) is 2.65. The maximum Gasteiger partial charge on any atom is 0.126 e. The van der Waals surface area contributed by atoms with Crippen molar-refractivity contribution in [3.63, 3.8) is 0 Å². The van der Waals surface area contributed by atoms with Crippen molar-refractivity contribution < 1.29 is 0 Å². The van der Waals surface area contributed by atoms with Gasteiger partial charge in [-0.2, -0.15) is 0 Å². The number of aromatic nitrogens is 1. The lowest BCUT2D eigenvalue weighted by Gasteiger charge is -2.23. The van der Waals surface area contributed by atoms with Gasteiger partial charge in [-0.3, -0.25) is 0 Å². The third kappa shape index (κ3) is 2.62. The third-order valence-electron chi connectivity index (χ3n) is 3.57. The largest absolute Gasteiger partial charge is 0.370 e. The van der Waals surface area contributed by atoms with Crippen LogP contribution in [-0.2, 0) is 0 Å². The Labute approximate surface area is 108 Å². The fourth-order valence-corrected chi connectivity index (χ4v) is 2.51. The standard InChI is InChI=1S/C15H19N3/c1-2-6-14-13(5-1)7-8-15(18-14)17-11-12-4-3-9-16-10-12/h1-2,5-8,12,16H,3-4,9-11H2,(H,17,18). The molecule has 0 aliphatic carbocycles. The molecule has 94 valence electrons. The van der Waals surface area contributed by atoms with Gasteiger partial charge in [0.25, 0.3) is 0 Å². The van der Waals surface area contributed by atoms with E-state index in [1.165, 1.54) is 24.8 Å². The van der Waals surface area contributed by atoms with Crippen LogP contribution in [0.2, 0.25) is 0 Å². The van der Waals surface area contributed by atoms with Crippen LogP contribution in [0.15, 0.2) is 36.4 Å². The number of fused-ring (bicyclic) bond motifs is 1. The van der Waals surface area contributed by atoms with Gasteiger partial charge in [0.15, 0.2) is 0 Å². The van der Waals surface area contributed by atoms with Gasteiger partial charge >= 0.3 is 0 Å². The third-order valence-corrected chi connectivity index (χ3v) is 3.57. The molecule has 1 atom stereocenters. The van der Waals surface area contributed by atoms with Gasteiger partial charge in [0.2, 0.25) is 0 Å². The summed E-state index contributed by atoms with van der Waals surface area (Å²) in [6.45, 7) is 3.31. The predicted molar refractivity (Wildman–Crippen MR) is 75.8 cm³/mol. The zero-order valence-corrected chi connectivity index (χ0v) is 10.5. The molecule has 2 aromatic rings. The number of piperidine rings is 1. The van der Waals surface area contributed by atoms with Crippen LogP contribution < -0.4 is 10.6 Å². The Kier molecular flexibility index (Phi) is 3.42. The Morgan fingerprint density at radius 1 is 1.22 bits per heavy atom. The molecule has 18 heavy (non-hydrogen) atoms. The van der Waals surface area contributed by atoms with E-state index in [0.29, 0.717) is 0 Å². The van der Waals surface area contributed by atoms with Crippen LogP contribution in [0, 0.1) is 5.92 Å². The summed E-state index contributed by atoms with van der Waals surface area (Å²) in [6.07, 6.45) is 2.60. The van der Waals surface area contributed by atoms with Gasteiger partial charge in [-0.25, -0.2) is 4.98 Å². The first-order valence-corrected chi connectivity index (χ1v) is 6.72. The topological polar surface area (TPSA) is 37.0 Å². The number of para-hydroxylation sites is 1. The van der Waals surface area contributed by atoms with Crippen LogP contribution in [0.4, 0.5) is 5.82 Å². The molecule has 0 radical (unpaired) electrons. The van der Waals surface area contributed by atoms with Gasteiger partial charge in [-0.05, 0) is 50.0 Å². The summed E-state index contributed by atoms with van der Waals surface area (Å²) in [5.74, 6) is 1.71. The summed E-state index contributed by atoms with van der Waals surface area (Å²) in [5, 5.41) is 8.09. The van der Waals surface area contributed by atoms with Crippen molar-refractivity contribution in [1.82, 2.24) is 10.3 Å². The quantitative estimate of drug-likeness (QED) is 0.867. The SMILES string of the molecule is c1ccc2nc(NCC3CCCNC3)ccc2c1. The second-order valence-corrected chi connectivity index (χ2v) is 4.98. The van der Waals surface area contributed by atoms with Gasteiger partial charge in [0, 0.05) is 11.9 Å². The van der Waals surface area contributed by atoms with Crippen molar-refractivity contribution in [3.8, 4) is 0 Å². The Morgan fingerprint density at radius 3 is 3.06 bits per heavy atom. The van der Waals surface area contributed by atoms with Crippen LogP contribution in [0.25, 0.3) is 10.9 Å². The van der Waals surface area contributed by atoms with E-state index in [1.807, 2.05) is 12.1 Å². The molecule has 2 heterocycles. The number of anilines is 1. The molecule has 1 aromatic carbocycles. The lowest BCUT2D eigenvalue weighted by atomic mass is 10.00. The number of benzene rings is 1. The number of rotatable bonds is 3. The van der Waals surface area contributed by atoms with Crippen LogP contribution in [-0.4, -0.2) is 24.6 Å². The molecular weight excluding hydrogens is 222 g/mol. The first-order chi connectivity index (χ1) is 8.92. The number of nitrogens with one attached hydrogen (secondary N) is 2. The van der Waals surface area contributed by atoms with Crippen molar-refractivity contribution in [1.29, 1.82) is 0 Å². The van der Waals surface area contributed by atoms with E-state index in [0.717, 1.165) is 30.3 Å². The monoisotopic (exact) mass is 241 g/mol. The molecule has 3 rings (SSSR count). The van der Waals surface area contributed by atoms with E-state index < -0.39 is 0 Å². The highest BCUT2D eigenvalue weighted by Gasteiger charge is 2.12. The summed E-state index contributed by atoms with van der Waals surface area (Å²) in [7, 11) is 0. The molecule has 1 aromatic heterocycles. The minimum atomic E-state index is 0.729. The highest BCUT2D eigenvalue weighted by Crippen LogP contribution is 2.16. The van der Waals surface area contributed by atoms with E-state index in [9.17, 15) is 0 Å². The molecule has 1 unspecified atom stereocenters. The van der Waals surface area contributed by atoms with Crippen molar-refractivity contribution in [2.45, 2.75) is 12.8 Å². The minimum Gasteiger partial charge on any atom is -0.370 e. The van der Waals surface area contributed by atoms with Gasteiger partial charge in [0.05, 0.1) is 5.52 Å². The summed E-state index contributed by atoms with van der Waals surface area (Å²) in [4.78, 5) is 4.63. The molecule has 1 saturated heterocycles. The van der Waals surface area contributed by atoms with Crippen LogP contribution in [0.5, 0.6) is 0 Å². The van der Waals surface area contributed by atoms with Crippen molar-refractivity contribution >= 4 is 16.7 Å². The summed E-state index contributed by atoms with van der Waals surface area (Å²) in [6, 6.07) is 12.4. The molecular formula is C15H19N3. The highest BCUT2D eigenvalue weighted by molar-refractivity contribution is 5.79. The molecule has 1 aliphatic heterocycles. The Morgan fingerprint density at radius 2 is 2.17 bits per heavy atom. The summed E-state index contributed by atoms with van der Waals surface area (Å²) in [5.41, 5.74) is 1.06. The second-order valence-electron chi connectivity index (χ2n) is 4.98. The van der Waals surface area contributed by atoms with Gasteiger partial charge in [-0.15, -0.1) is 0 Å². The Bertz CT molecular complexity index is 518. The van der Waals surface area contributed by atoms with Gasteiger partial charge in [-0.1, -0.05) is 18.2 Å². The van der Waals surface area contributed by atoms with E-state index in [4.69, 9.17) is 0 Å². The molecule has 0 amide bonds. The van der Waals surface area contributed by atoms with Crippen molar-refractivity contribution in [3.05, 3.63) is 36.4 Å². The molecule has 3 nitrogen and oxygen atoms in total. The van der Waals surface area contributed by atoms with Crippen molar-refractivity contribution in [2.24, 2.45) is 5.92 Å². The summed E-state index contributed by atoms with van der Waals surface area (Å²) < 4.78 is 0. The maximum absolute atomic E-state index is 4.63. The fraction of sp³-hybridized carbons (Fsp3) is 0.400. The van der Waals surface area contributed by atoms with Gasteiger partial charge < -0.3 is 10.6 Å². The number of nitrogens with zero attached hydrogens (tertiary/aromatic N) is 1. The van der Waals surface area contributed by atoms with E-state index in [1.54, 1.807) is 0 Å². The van der Waals surface area contributed by atoms with Gasteiger partial charge in [0.1, 0.15) is 5.82 Å². The zero-order chi connectivity index (χ0) is 12.2. The number of hydrogen-bond donors (Lipinski definition) is 2. The summed E-state index contributed by atoms with van der Waals surface area (Å²) >= 11 is 0. The smallest absolute Gasteiger partial charge is 0.126 e. The molecule has 3 heteroatoms. The van der Waals surface area contributed by atoms with Crippen LogP contribution >= 0.6 is 0 Å². The van der Waals surface area contributed by atoms with Crippen LogP contribution in [0.1, 0.15) is 12.8 Å². The molecule has 0 saturated carbocycles. The lowest BCUT2D eigenvalue weighted by molar-refractivity contribution is 0.392. The molecule has 2 N–H and O–H groups in total. The zero-order valence-electron chi connectivity index (χ0n) is 10.5. The van der Waals surface area contributed by atoms with E-state index in [-0.39, 0.29) is 0 Å². The average Bonchev–Trinajstić information content (AvgIpc) is 2.46. The maximum atomic E-state index is 4.63. The number of hydrogen-bond acceptors (Lipinski definition) is 3. The number of pyridine rings is 1. The van der Waals surface area contributed by atoms with E-state index >= 15 is 0 Å². The molecule has 1 fully saturated rings. The lowest BCUT2D eigenvalue weighted by Crippen LogP contribution is -2.33. The average molecular weight is 241 g/mol. The molecule has 0 spiro atoms. The Balaban J connectivity index is 1.66. The first-order valence-electron chi connectivity index (χ1n) is 6.72. The molecule has 1 aliphatic rings. The van der Waals surface area contributed by atoms with E-state index in [2.05, 4.69) is 39.9 Å². The normalized spacial score (nSPS) is 19.9. The Hall–Kier alpha value is -1.61. The first kappa shape index (κ1) is 11.5.